The minimum absolute atomic E-state index is 0.258. The van der Waals surface area contributed by atoms with Gasteiger partial charge in [0.05, 0.1) is 6.61 Å². The number of ether oxygens (including phenoxy) is 4. The second kappa shape index (κ2) is 9.32. The van der Waals surface area contributed by atoms with Crippen LogP contribution in [0, 0.1) is 0 Å². The lowest BCUT2D eigenvalue weighted by Crippen LogP contribution is -2.65. The number of carbonyl (C=O) groups is 1. The Hall–Kier alpha value is -0.730. The van der Waals surface area contributed by atoms with E-state index in [0.29, 0.717) is 26.4 Å². The van der Waals surface area contributed by atoms with Gasteiger partial charge in [0.25, 0.3) is 0 Å². The Kier molecular flexibility index (Phi) is 8.13. The number of carbonyl (C=O) groups excluding carboxylic acids is 1. The van der Waals surface area contributed by atoms with E-state index in [1.165, 1.54) is 6.92 Å². The van der Waals surface area contributed by atoms with Crippen molar-refractivity contribution < 1.29 is 28.8 Å². The molecule has 5 atom stereocenters. The Labute approximate surface area is 125 Å². The number of nitrogens with one attached hydrogen (secondary N) is 1. The van der Waals surface area contributed by atoms with E-state index < -0.39 is 30.6 Å². The van der Waals surface area contributed by atoms with Gasteiger partial charge >= 0.3 is 0 Å². The van der Waals surface area contributed by atoms with Crippen LogP contribution in [0.5, 0.6) is 0 Å². The van der Waals surface area contributed by atoms with Crippen molar-refractivity contribution >= 4 is 5.91 Å². The summed E-state index contributed by atoms with van der Waals surface area (Å²) in [5, 5.41) is 12.8. The van der Waals surface area contributed by atoms with Crippen molar-refractivity contribution in [1.82, 2.24) is 5.32 Å². The zero-order valence-electron chi connectivity index (χ0n) is 13.2. The third-order valence-corrected chi connectivity index (χ3v) is 3.24. The molecule has 1 saturated heterocycles. The molecule has 0 aromatic carbocycles. The molecule has 124 valence electrons. The first kappa shape index (κ1) is 18.3. The average molecular weight is 305 g/mol. The normalized spacial score (nSPS) is 32.9. The number of amides is 1. The number of aliphatic hydroxyl groups is 1. The van der Waals surface area contributed by atoms with Gasteiger partial charge in [-0.05, 0) is 20.8 Å². The second-order valence-electron chi connectivity index (χ2n) is 4.79. The van der Waals surface area contributed by atoms with Crippen LogP contribution in [-0.4, -0.2) is 68.1 Å². The van der Waals surface area contributed by atoms with Crippen molar-refractivity contribution in [2.45, 2.75) is 58.3 Å². The van der Waals surface area contributed by atoms with Gasteiger partial charge in [0, 0.05) is 26.7 Å². The van der Waals surface area contributed by atoms with E-state index in [2.05, 4.69) is 5.32 Å². The molecule has 0 spiro atoms. The summed E-state index contributed by atoms with van der Waals surface area (Å²) in [6.45, 7) is 8.76. The summed E-state index contributed by atoms with van der Waals surface area (Å²) in [5.74, 6) is -0.258. The number of rotatable bonds is 8. The number of aliphatic hydroxyl groups excluding tert-OH is 1. The van der Waals surface area contributed by atoms with Crippen LogP contribution >= 0.6 is 0 Å². The van der Waals surface area contributed by atoms with Crippen LogP contribution < -0.4 is 5.32 Å². The maximum absolute atomic E-state index is 11.3. The van der Waals surface area contributed by atoms with Crippen molar-refractivity contribution in [2.75, 3.05) is 26.4 Å². The highest BCUT2D eigenvalue weighted by molar-refractivity contribution is 5.73. The molecular formula is C14H27NO6. The third kappa shape index (κ3) is 5.19. The van der Waals surface area contributed by atoms with E-state index >= 15 is 0 Å². The largest absolute Gasteiger partial charge is 0.379 e. The molecule has 0 aromatic heterocycles. The summed E-state index contributed by atoms with van der Waals surface area (Å²) in [6, 6.07) is -0.670. The summed E-state index contributed by atoms with van der Waals surface area (Å²) in [5.41, 5.74) is 0. The van der Waals surface area contributed by atoms with Crippen LogP contribution in [0.25, 0.3) is 0 Å². The molecule has 0 aliphatic carbocycles. The van der Waals surface area contributed by atoms with E-state index in [4.69, 9.17) is 18.9 Å². The van der Waals surface area contributed by atoms with Gasteiger partial charge in [0.2, 0.25) is 5.91 Å². The van der Waals surface area contributed by atoms with E-state index in [1.54, 1.807) is 0 Å². The molecule has 1 rings (SSSR count). The monoisotopic (exact) mass is 305 g/mol. The Bertz CT molecular complexity index is 314. The van der Waals surface area contributed by atoms with Gasteiger partial charge in [0.1, 0.15) is 24.4 Å². The van der Waals surface area contributed by atoms with Gasteiger partial charge in [-0.2, -0.15) is 0 Å². The Morgan fingerprint density at radius 2 is 1.76 bits per heavy atom. The SMILES string of the molecule is CCOCC1OC(O)C(NC(C)=O)C(OCC)C1OCC. The van der Waals surface area contributed by atoms with Crippen LogP contribution in [0.15, 0.2) is 0 Å². The topological polar surface area (TPSA) is 86.2 Å². The lowest BCUT2D eigenvalue weighted by atomic mass is 9.96. The summed E-state index contributed by atoms with van der Waals surface area (Å²) >= 11 is 0. The van der Waals surface area contributed by atoms with Gasteiger partial charge in [-0.25, -0.2) is 0 Å². The van der Waals surface area contributed by atoms with Crippen molar-refractivity contribution in [3.63, 3.8) is 0 Å². The summed E-state index contributed by atoms with van der Waals surface area (Å²) in [7, 11) is 0. The van der Waals surface area contributed by atoms with E-state index in [-0.39, 0.29) is 5.91 Å². The van der Waals surface area contributed by atoms with E-state index in [9.17, 15) is 9.90 Å². The highest BCUT2D eigenvalue weighted by Gasteiger charge is 2.47. The molecule has 1 aliphatic rings. The quantitative estimate of drug-likeness (QED) is 0.659. The fourth-order valence-electron chi connectivity index (χ4n) is 2.46. The van der Waals surface area contributed by atoms with E-state index in [1.807, 2.05) is 20.8 Å². The third-order valence-electron chi connectivity index (χ3n) is 3.24. The van der Waals surface area contributed by atoms with Crippen LogP contribution in [0.1, 0.15) is 27.7 Å². The van der Waals surface area contributed by atoms with Gasteiger partial charge in [-0.3, -0.25) is 4.79 Å². The molecule has 1 amide bonds. The Morgan fingerprint density at radius 1 is 1.14 bits per heavy atom. The smallest absolute Gasteiger partial charge is 0.217 e. The molecular weight excluding hydrogens is 278 g/mol. The minimum atomic E-state index is -1.16. The van der Waals surface area contributed by atoms with Gasteiger partial charge < -0.3 is 29.4 Å². The van der Waals surface area contributed by atoms with Crippen molar-refractivity contribution in [3.05, 3.63) is 0 Å². The standard InChI is InChI=1S/C14H27NO6/c1-5-18-8-10-12(19-6-2)13(20-7-3)11(14(17)21-10)15-9(4)16/h10-14,17H,5-8H2,1-4H3,(H,15,16). The molecule has 5 unspecified atom stereocenters. The molecule has 7 heteroatoms. The summed E-state index contributed by atoms with van der Waals surface area (Å²) in [6.07, 6.45) is -2.51. The first-order valence-electron chi connectivity index (χ1n) is 7.46. The van der Waals surface area contributed by atoms with Crippen LogP contribution in [0.2, 0.25) is 0 Å². The fraction of sp³-hybridized carbons (Fsp3) is 0.929. The predicted octanol–water partition coefficient (Wildman–Crippen LogP) is 0.0550. The van der Waals surface area contributed by atoms with Crippen LogP contribution in [0.4, 0.5) is 0 Å². The Balaban J connectivity index is 2.90. The fourth-order valence-corrected chi connectivity index (χ4v) is 2.46. The molecule has 1 fully saturated rings. The summed E-state index contributed by atoms with van der Waals surface area (Å²) in [4.78, 5) is 11.3. The molecule has 0 saturated carbocycles. The Morgan fingerprint density at radius 3 is 2.29 bits per heavy atom. The minimum Gasteiger partial charge on any atom is -0.379 e. The molecule has 0 bridgehead atoms. The molecule has 0 aromatic rings. The zero-order valence-corrected chi connectivity index (χ0v) is 13.2. The van der Waals surface area contributed by atoms with Crippen molar-refractivity contribution in [3.8, 4) is 0 Å². The van der Waals surface area contributed by atoms with Crippen LogP contribution in [-0.2, 0) is 23.7 Å². The summed E-state index contributed by atoms with van der Waals surface area (Å²) < 4.78 is 22.4. The maximum atomic E-state index is 11.3. The lowest BCUT2D eigenvalue weighted by molar-refractivity contribution is -0.272. The van der Waals surface area contributed by atoms with Crippen molar-refractivity contribution in [1.29, 1.82) is 0 Å². The maximum Gasteiger partial charge on any atom is 0.217 e. The average Bonchev–Trinajstić information content (AvgIpc) is 2.43. The number of hydrogen-bond donors (Lipinski definition) is 2. The molecule has 21 heavy (non-hydrogen) atoms. The van der Waals surface area contributed by atoms with E-state index in [0.717, 1.165) is 0 Å². The first-order valence-corrected chi connectivity index (χ1v) is 7.46. The molecule has 0 radical (unpaired) electrons. The first-order chi connectivity index (χ1) is 10.0. The van der Waals surface area contributed by atoms with Gasteiger partial charge in [-0.15, -0.1) is 0 Å². The van der Waals surface area contributed by atoms with Gasteiger partial charge in [0.15, 0.2) is 6.29 Å². The molecule has 1 aliphatic heterocycles. The molecule has 2 N–H and O–H groups in total. The molecule has 1 heterocycles. The highest BCUT2D eigenvalue weighted by Crippen LogP contribution is 2.25. The zero-order chi connectivity index (χ0) is 15.8. The van der Waals surface area contributed by atoms with Gasteiger partial charge in [-0.1, -0.05) is 0 Å². The predicted molar refractivity (Wildman–Crippen MR) is 75.8 cm³/mol. The lowest BCUT2D eigenvalue weighted by Gasteiger charge is -2.44. The number of hydrogen-bond acceptors (Lipinski definition) is 6. The molecule has 7 nitrogen and oxygen atoms in total. The second-order valence-corrected chi connectivity index (χ2v) is 4.79. The van der Waals surface area contributed by atoms with Crippen molar-refractivity contribution in [2.24, 2.45) is 0 Å². The van der Waals surface area contributed by atoms with Crippen LogP contribution in [0.3, 0.4) is 0 Å². The highest BCUT2D eigenvalue weighted by atomic mass is 16.7.